The Bertz CT molecular complexity index is 2760. The first-order chi connectivity index (χ1) is 27.0. The molecule has 8 nitrogen and oxygen atoms in total. The number of nitrogens with zero attached hydrogens (tertiary/aromatic N) is 2. The van der Waals surface area contributed by atoms with Gasteiger partial charge in [-0.1, -0.05) is 48.5 Å². The van der Waals surface area contributed by atoms with Gasteiger partial charge in [0.2, 0.25) is 0 Å². The summed E-state index contributed by atoms with van der Waals surface area (Å²) in [6.45, 7) is 0. The van der Waals surface area contributed by atoms with Crippen LogP contribution < -0.4 is 14.2 Å². The van der Waals surface area contributed by atoms with Crippen LogP contribution >= 0.6 is 0 Å². The number of fused-ring (bicyclic) bond motifs is 8. The minimum absolute atomic E-state index is 0. The number of phenols is 1. The van der Waals surface area contributed by atoms with Crippen molar-refractivity contribution >= 4 is 46.4 Å². The molecule has 0 spiro atoms. The van der Waals surface area contributed by atoms with Crippen LogP contribution in [0.15, 0.2) is 121 Å². The van der Waals surface area contributed by atoms with E-state index in [0.717, 1.165) is 107 Å². The topological polar surface area (TPSA) is 105 Å². The second-order valence-electron chi connectivity index (χ2n) is 13.2. The van der Waals surface area contributed by atoms with Crippen molar-refractivity contribution in [1.82, 2.24) is 19.9 Å². The van der Waals surface area contributed by atoms with E-state index in [4.69, 9.17) is 24.2 Å². The molecule has 3 aromatic heterocycles. The van der Waals surface area contributed by atoms with Crippen molar-refractivity contribution in [2.45, 2.75) is 0 Å². The number of nitrogens with one attached hydrogen (secondary N) is 2. The Labute approximate surface area is 334 Å². The molecule has 0 amide bonds. The first kappa shape index (κ1) is 36.2. The standard InChI is InChI=1S/C47H36N4O4.Cu/c1-53-33-14-6-29(7-15-33)45-38-22-20-36(48-38)44(28-4-12-32(52)13-5-28)37-21-23-39(49-37)46(30-8-16-34(54-2)17-9-30)41-25-27-43(51-41)47(42-26-24-40(45)50-42)31-10-18-35(55-3)19-11-31;/h4-27,48,51-52H,1-3H3;. The maximum absolute atomic E-state index is 10.2. The van der Waals surface area contributed by atoms with Crippen LogP contribution in [0.25, 0.3) is 90.9 Å². The molecule has 2 aliphatic rings. The second kappa shape index (κ2) is 15.1. The molecule has 1 radical (unpaired) electrons. The Kier molecular flexibility index (Phi) is 9.79. The summed E-state index contributed by atoms with van der Waals surface area (Å²) in [6.07, 6.45) is 8.27. The van der Waals surface area contributed by atoms with Crippen molar-refractivity contribution in [2.24, 2.45) is 0 Å². The van der Waals surface area contributed by atoms with Gasteiger partial charge in [0.15, 0.2) is 0 Å². The minimum atomic E-state index is 0. The molecule has 0 saturated heterocycles. The van der Waals surface area contributed by atoms with Crippen molar-refractivity contribution in [3.63, 3.8) is 0 Å². The van der Waals surface area contributed by atoms with Crippen LogP contribution in [0.1, 0.15) is 22.8 Å². The van der Waals surface area contributed by atoms with E-state index in [2.05, 4.69) is 94.9 Å². The van der Waals surface area contributed by atoms with Gasteiger partial charge in [0, 0.05) is 61.4 Å². The van der Waals surface area contributed by atoms with Gasteiger partial charge in [-0.3, -0.25) is 0 Å². The molecule has 7 aromatic rings. The van der Waals surface area contributed by atoms with E-state index in [-0.39, 0.29) is 22.8 Å². The monoisotopic (exact) mass is 783 g/mol. The SMILES string of the molecule is COc1ccc(-c2c3nc(c(-c4ccc(OC)cc4)c4ccc([nH]4)c(-c4ccc(OC)cc4)c4nc(c(-c5ccc(O)cc5)c5ccc2[nH]5)C=C4)C=C3)cc1.[Cu]. The molecule has 0 fully saturated rings. The number of ether oxygens (including phenoxy) is 3. The summed E-state index contributed by atoms with van der Waals surface area (Å²) < 4.78 is 16.5. The molecule has 5 heterocycles. The third-order valence-electron chi connectivity index (χ3n) is 10.0. The van der Waals surface area contributed by atoms with E-state index in [1.54, 1.807) is 33.5 Å². The summed E-state index contributed by atoms with van der Waals surface area (Å²) in [5.74, 6) is 2.50. The van der Waals surface area contributed by atoms with Gasteiger partial charge in [0.1, 0.15) is 23.0 Å². The molecular formula is C47H36CuN4O4. The van der Waals surface area contributed by atoms with Crippen molar-refractivity contribution < 1.29 is 36.4 Å². The number of rotatable bonds is 7. The van der Waals surface area contributed by atoms with Crippen LogP contribution in [0.2, 0.25) is 0 Å². The van der Waals surface area contributed by atoms with Crippen LogP contribution in [0.5, 0.6) is 23.0 Å². The molecule has 2 aliphatic heterocycles. The predicted octanol–water partition coefficient (Wildman–Crippen LogP) is 11.1. The third kappa shape index (κ3) is 6.64. The summed E-state index contributed by atoms with van der Waals surface area (Å²) in [5, 5.41) is 10.2. The molecule has 9 heteroatoms. The van der Waals surface area contributed by atoms with Crippen molar-refractivity contribution in [3.8, 4) is 67.5 Å². The number of aromatic hydroxyl groups is 1. The van der Waals surface area contributed by atoms with E-state index < -0.39 is 0 Å². The molecule has 0 aliphatic carbocycles. The molecule has 8 bridgehead atoms. The van der Waals surface area contributed by atoms with Crippen molar-refractivity contribution in [3.05, 3.63) is 144 Å². The number of aromatic nitrogens is 4. The van der Waals surface area contributed by atoms with Gasteiger partial charge in [-0.25, -0.2) is 9.97 Å². The number of phenolic OH excluding ortho intramolecular Hbond substituents is 1. The average Bonchev–Trinajstić information content (AvgIpc) is 4.07. The summed E-state index contributed by atoms with van der Waals surface area (Å²) in [6, 6.07) is 39.7. The first-order valence-electron chi connectivity index (χ1n) is 17.9. The van der Waals surface area contributed by atoms with Crippen LogP contribution in [-0.4, -0.2) is 46.4 Å². The summed E-state index contributed by atoms with van der Waals surface area (Å²) in [5.41, 5.74) is 14.3. The Balaban J connectivity index is 0.00000441. The number of H-pyrrole nitrogens is 2. The van der Waals surface area contributed by atoms with E-state index in [0.29, 0.717) is 0 Å². The molecule has 0 saturated carbocycles. The van der Waals surface area contributed by atoms with Crippen molar-refractivity contribution in [1.29, 1.82) is 0 Å². The Hall–Kier alpha value is -6.80. The number of hydrogen-bond acceptors (Lipinski definition) is 6. The van der Waals surface area contributed by atoms with Gasteiger partial charge in [-0.2, -0.15) is 0 Å². The summed E-state index contributed by atoms with van der Waals surface area (Å²) in [7, 11) is 5.01. The summed E-state index contributed by atoms with van der Waals surface area (Å²) in [4.78, 5) is 18.2. The van der Waals surface area contributed by atoms with E-state index in [9.17, 15) is 5.11 Å². The molecule has 3 N–H and O–H groups in total. The minimum Gasteiger partial charge on any atom is -0.508 e. The maximum atomic E-state index is 10.2. The van der Waals surface area contributed by atoms with Gasteiger partial charge >= 0.3 is 0 Å². The van der Waals surface area contributed by atoms with Gasteiger partial charge in [-0.15, -0.1) is 0 Å². The van der Waals surface area contributed by atoms with Crippen LogP contribution in [0.4, 0.5) is 0 Å². The zero-order valence-corrected chi connectivity index (χ0v) is 31.7. The second-order valence-corrected chi connectivity index (χ2v) is 13.2. The van der Waals surface area contributed by atoms with Gasteiger partial charge in [0.25, 0.3) is 0 Å². The Morgan fingerprint density at radius 2 is 0.625 bits per heavy atom. The largest absolute Gasteiger partial charge is 0.508 e. The number of methoxy groups -OCH3 is 3. The number of hydrogen-bond donors (Lipinski definition) is 3. The summed E-state index contributed by atoms with van der Waals surface area (Å²) >= 11 is 0. The molecule has 4 aromatic carbocycles. The molecule has 0 unspecified atom stereocenters. The van der Waals surface area contributed by atoms with Gasteiger partial charge in [-0.05, 0) is 119 Å². The first-order valence-corrected chi connectivity index (χ1v) is 17.9. The van der Waals surface area contributed by atoms with Gasteiger partial charge < -0.3 is 29.3 Å². The molecule has 56 heavy (non-hydrogen) atoms. The van der Waals surface area contributed by atoms with Crippen LogP contribution in [-0.2, 0) is 17.1 Å². The predicted molar refractivity (Wildman–Crippen MR) is 222 cm³/mol. The van der Waals surface area contributed by atoms with Crippen molar-refractivity contribution in [2.75, 3.05) is 21.3 Å². The third-order valence-corrected chi connectivity index (χ3v) is 10.0. The molecule has 279 valence electrons. The quantitative estimate of drug-likeness (QED) is 0.139. The van der Waals surface area contributed by atoms with Gasteiger partial charge in [0.05, 0.1) is 44.1 Å². The fourth-order valence-corrected chi connectivity index (χ4v) is 7.32. The molecular weight excluding hydrogens is 748 g/mol. The zero-order chi connectivity index (χ0) is 37.5. The number of aromatic amines is 2. The van der Waals surface area contributed by atoms with E-state index >= 15 is 0 Å². The van der Waals surface area contributed by atoms with E-state index in [1.807, 2.05) is 48.5 Å². The number of benzene rings is 4. The fourth-order valence-electron chi connectivity index (χ4n) is 7.32. The Morgan fingerprint density at radius 3 is 0.875 bits per heavy atom. The normalized spacial score (nSPS) is 11.6. The smallest absolute Gasteiger partial charge is 0.118 e. The average molecular weight is 784 g/mol. The molecule has 9 rings (SSSR count). The zero-order valence-electron chi connectivity index (χ0n) is 30.7. The molecule has 0 atom stereocenters. The van der Waals surface area contributed by atoms with Crippen LogP contribution in [0, 0.1) is 0 Å². The fraction of sp³-hybridized carbons (Fsp3) is 0.0638. The maximum Gasteiger partial charge on any atom is 0.118 e. The Morgan fingerprint density at radius 1 is 0.375 bits per heavy atom. The van der Waals surface area contributed by atoms with Crippen LogP contribution in [0.3, 0.4) is 0 Å². The van der Waals surface area contributed by atoms with E-state index in [1.165, 1.54) is 0 Å².